The van der Waals surface area contributed by atoms with Gasteiger partial charge in [-0.05, 0) is 89.2 Å². The Morgan fingerprint density at radius 1 is 0.532 bits per heavy atom. The van der Waals surface area contributed by atoms with E-state index in [1.807, 2.05) is 24.3 Å². The number of aryl methyl sites for hydroxylation is 1. The Hall–Kier alpha value is -4.73. The number of alkyl halides is 5. The van der Waals surface area contributed by atoms with Crippen molar-refractivity contribution in [1.29, 1.82) is 0 Å². The zero-order valence-corrected chi connectivity index (χ0v) is 24.9. The lowest BCUT2D eigenvalue weighted by atomic mass is 9.96. The van der Waals surface area contributed by atoms with E-state index < -0.39 is 58.0 Å². The lowest BCUT2D eigenvalue weighted by molar-refractivity contribution is -0.189. The highest BCUT2D eigenvalue weighted by Crippen LogP contribution is 2.39. The maximum atomic E-state index is 15.2. The smallest absolute Gasteiger partial charge is 0.429 e. The van der Waals surface area contributed by atoms with Crippen LogP contribution in [0.15, 0.2) is 97.1 Å². The van der Waals surface area contributed by atoms with Crippen molar-refractivity contribution in [2.24, 2.45) is 0 Å². The summed E-state index contributed by atoms with van der Waals surface area (Å²) in [4.78, 5) is 0. The summed E-state index contributed by atoms with van der Waals surface area (Å²) in [6.07, 6.45) is -5.06. The lowest BCUT2D eigenvalue weighted by Gasteiger charge is -2.20. The van der Waals surface area contributed by atoms with E-state index in [0.717, 1.165) is 43.4 Å². The van der Waals surface area contributed by atoms with Gasteiger partial charge in [0.15, 0.2) is 0 Å². The standard InChI is InChI=1S/C37H27F9O/c1-2-3-4-5-22-6-8-23(9-7-22)24-10-16-29(31(38)18-24)25-11-17-30(32(39)19-25)26-20-33(40)35(34(41)21-26)37(45,46)47-28-14-12-27(13-15-28)36(42,43)44/h6-21H,2-5H2,1H3. The third-order valence-electron chi connectivity index (χ3n) is 7.68. The molecule has 1 nitrogen and oxygen atoms in total. The number of benzene rings is 5. The van der Waals surface area contributed by atoms with E-state index in [2.05, 4.69) is 11.7 Å². The van der Waals surface area contributed by atoms with Crippen LogP contribution < -0.4 is 4.74 Å². The molecule has 0 spiro atoms. The predicted molar refractivity (Wildman–Crippen MR) is 162 cm³/mol. The summed E-state index contributed by atoms with van der Waals surface area (Å²) in [5.74, 6) is -5.96. The normalized spacial score (nSPS) is 12.0. The molecule has 47 heavy (non-hydrogen) atoms. The van der Waals surface area contributed by atoms with Crippen molar-refractivity contribution in [2.45, 2.75) is 44.9 Å². The van der Waals surface area contributed by atoms with Crippen molar-refractivity contribution in [3.8, 4) is 39.1 Å². The molecule has 0 saturated carbocycles. The molecule has 0 amide bonds. The highest BCUT2D eigenvalue weighted by molar-refractivity contribution is 5.74. The Bertz CT molecular complexity index is 1840. The molecular formula is C37H27F9O. The average molecular weight is 659 g/mol. The van der Waals surface area contributed by atoms with Crippen LogP contribution in [0.3, 0.4) is 0 Å². The second-order valence-electron chi connectivity index (χ2n) is 11.0. The Morgan fingerprint density at radius 3 is 1.60 bits per heavy atom. The fraction of sp³-hybridized carbons (Fsp3) is 0.189. The van der Waals surface area contributed by atoms with E-state index in [1.54, 1.807) is 6.07 Å². The van der Waals surface area contributed by atoms with E-state index in [4.69, 9.17) is 0 Å². The molecule has 5 aromatic carbocycles. The van der Waals surface area contributed by atoms with Crippen molar-refractivity contribution in [3.05, 3.63) is 137 Å². The van der Waals surface area contributed by atoms with Crippen LogP contribution in [0, 0.1) is 23.3 Å². The molecular weight excluding hydrogens is 631 g/mol. The highest BCUT2D eigenvalue weighted by Gasteiger charge is 2.41. The molecule has 0 unspecified atom stereocenters. The fourth-order valence-electron chi connectivity index (χ4n) is 5.21. The van der Waals surface area contributed by atoms with Gasteiger partial charge in [0.2, 0.25) is 0 Å². The molecule has 5 aromatic rings. The first-order valence-electron chi connectivity index (χ1n) is 14.7. The molecule has 0 aliphatic carbocycles. The lowest BCUT2D eigenvalue weighted by Crippen LogP contribution is -2.25. The van der Waals surface area contributed by atoms with Gasteiger partial charge in [0.05, 0.1) is 5.56 Å². The van der Waals surface area contributed by atoms with Crippen molar-refractivity contribution in [1.82, 2.24) is 0 Å². The fourth-order valence-corrected chi connectivity index (χ4v) is 5.21. The number of ether oxygens (including phenoxy) is 1. The van der Waals surface area contributed by atoms with Crippen LogP contribution >= 0.6 is 0 Å². The van der Waals surface area contributed by atoms with E-state index in [1.165, 1.54) is 23.8 Å². The molecule has 0 atom stereocenters. The van der Waals surface area contributed by atoms with Gasteiger partial charge in [-0.25, -0.2) is 17.6 Å². The van der Waals surface area contributed by atoms with E-state index in [-0.39, 0.29) is 16.7 Å². The molecule has 0 radical (unpaired) electrons. The number of halogens is 9. The molecule has 0 N–H and O–H groups in total. The van der Waals surface area contributed by atoms with Crippen LogP contribution in [0.4, 0.5) is 39.5 Å². The van der Waals surface area contributed by atoms with Crippen LogP contribution in [0.1, 0.15) is 42.9 Å². The van der Waals surface area contributed by atoms with Gasteiger partial charge in [0.25, 0.3) is 0 Å². The quantitative estimate of drug-likeness (QED) is 0.107. The average Bonchev–Trinajstić information content (AvgIpc) is 3.00. The maximum absolute atomic E-state index is 15.2. The first kappa shape index (κ1) is 33.6. The molecule has 0 bridgehead atoms. The number of hydrogen-bond acceptors (Lipinski definition) is 1. The minimum atomic E-state index is -4.73. The van der Waals surface area contributed by atoms with E-state index in [0.29, 0.717) is 42.0 Å². The van der Waals surface area contributed by atoms with Gasteiger partial charge in [-0.2, -0.15) is 22.0 Å². The van der Waals surface area contributed by atoms with Crippen LogP contribution in [-0.2, 0) is 18.7 Å². The van der Waals surface area contributed by atoms with Gasteiger partial charge in [0, 0.05) is 11.1 Å². The summed E-state index contributed by atoms with van der Waals surface area (Å²) in [6, 6.07) is 18.8. The SMILES string of the molecule is CCCCCc1ccc(-c2ccc(-c3ccc(-c4cc(F)c(C(F)(F)Oc5ccc(C(F)(F)F)cc5)c(F)c4)c(F)c3)c(F)c2)cc1. The summed E-state index contributed by atoms with van der Waals surface area (Å²) in [6.45, 7) is 2.13. The summed E-state index contributed by atoms with van der Waals surface area (Å²) in [5.41, 5.74) is -0.906. The van der Waals surface area contributed by atoms with Gasteiger partial charge < -0.3 is 4.74 Å². The third-order valence-corrected chi connectivity index (χ3v) is 7.68. The summed E-state index contributed by atoms with van der Waals surface area (Å²) in [5, 5.41) is 0. The minimum Gasteiger partial charge on any atom is -0.429 e. The first-order valence-corrected chi connectivity index (χ1v) is 14.7. The van der Waals surface area contributed by atoms with Crippen molar-refractivity contribution >= 4 is 0 Å². The second kappa shape index (κ2) is 13.6. The zero-order valence-electron chi connectivity index (χ0n) is 24.9. The van der Waals surface area contributed by atoms with Crippen LogP contribution in [-0.4, -0.2) is 0 Å². The maximum Gasteiger partial charge on any atom is 0.432 e. The zero-order chi connectivity index (χ0) is 33.9. The molecule has 0 fully saturated rings. The predicted octanol–water partition coefficient (Wildman–Crippen LogP) is 12.1. The van der Waals surface area contributed by atoms with E-state index in [9.17, 15) is 30.7 Å². The Balaban J connectivity index is 1.35. The van der Waals surface area contributed by atoms with Gasteiger partial charge >= 0.3 is 12.3 Å². The van der Waals surface area contributed by atoms with Gasteiger partial charge in [-0.3, -0.25) is 0 Å². The van der Waals surface area contributed by atoms with Gasteiger partial charge in [0.1, 0.15) is 34.6 Å². The molecule has 0 aromatic heterocycles. The molecule has 0 saturated heterocycles. The summed E-state index contributed by atoms with van der Waals surface area (Å²) in [7, 11) is 0. The molecule has 0 aliphatic rings. The topological polar surface area (TPSA) is 9.23 Å². The van der Waals surface area contributed by atoms with Crippen LogP contribution in [0.2, 0.25) is 0 Å². The molecule has 5 rings (SSSR count). The Morgan fingerprint density at radius 2 is 1.04 bits per heavy atom. The Kier molecular flexibility index (Phi) is 9.70. The molecule has 10 heteroatoms. The van der Waals surface area contributed by atoms with Gasteiger partial charge in [-0.1, -0.05) is 68.3 Å². The van der Waals surface area contributed by atoms with Crippen molar-refractivity contribution < 1.29 is 44.3 Å². The number of hydrogen-bond donors (Lipinski definition) is 0. The number of rotatable bonds is 10. The largest absolute Gasteiger partial charge is 0.432 e. The monoisotopic (exact) mass is 658 g/mol. The van der Waals surface area contributed by atoms with Crippen LogP contribution in [0.5, 0.6) is 5.75 Å². The van der Waals surface area contributed by atoms with Crippen molar-refractivity contribution in [2.75, 3.05) is 0 Å². The molecule has 0 aliphatic heterocycles. The first-order chi connectivity index (χ1) is 22.3. The number of unbranched alkanes of at least 4 members (excludes halogenated alkanes) is 2. The summed E-state index contributed by atoms with van der Waals surface area (Å²) >= 11 is 0. The van der Waals surface area contributed by atoms with Crippen LogP contribution in [0.25, 0.3) is 33.4 Å². The van der Waals surface area contributed by atoms with E-state index >= 15 is 8.78 Å². The highest BCUT2D eigenvalue weighted by atomic mass is 19.4. The van der Waals surface area contributed by atoms with Gasteiger partial charge in [-0.15, -0.1) is 0 Å². The third kappa shape index (κ3) is 7.64. The van der Waals surface area contributed by atoms with Crippen molar-refractivity contribution in [3.63, 3.8) is 0 Å². The second-order valence-corrected chi connectivity index (χ2v) is 11.0. The summed E-state index contributed by atoms with van der Waals surface area (Å²) < 4.78 is 132. The molecule has 244 valence electrons. The Labute approximate surface area is 265 Å². The minimum absolute atomic E-state index is 0.0724. The molecule has 0 heterocycles.